The first-order valence-corrected chi connectivity index (χ1v) is 5.01. The third-order valence-electron chi connectivity index (χ3n) is 2.48. The molecule has 0 aliphatic carbocycles. The maximum absolute atomic E-state index is 11.3. The first kappa shape index (κ1) is 12.6. The summed E-state index contributed by atoms with van der Waals surface area (Å²) in [7, 11) is 0. The van der Waals surface area contributed by atoms with Crippen LogP contribution < -0.4 is 0 Å². The molecule has 1 heterocycles. The molecule has 0 spiro atoms. The van der Waals surface area contributed by atoms with Crippen molar-refractivity contribution in [2.24, 2.45) is 0 Å². The van der Waals surface area contributed by atoms with E-state index in [2.05, 4.69) is 4.98 Å². The topological polar surface area (TPSA) is 90.7 Å². The second-order valence-corrected chi connectivity index (χ2v) is 3.51. The quantitative estimate of drug-likeness (QED) is 0.698. The number of ketones is 1. The van der Waals surface area contributed by atoms with E-state index < -0.39 is 12.7 Å². The highest BCUT2D eigenvalue weighted by atomic mass is 16.3. The number of pyridine rings is 1. The van der Waals surface area contributed by atoms with E-state index in [0.717, 1.165) is 0 Å². The van der Waals surface area contributed by atoms with Crippen molar-refractivity contribution < 1.29 is 20.1 Å². The van der Waals surface area contributed by atoms with Gasteiger partial charge < -0.3 is 15.3 Å². The van der Waals surface area contributed by atoms with Crippen LogP contribution in [0.4, 0.5) is 0 Å². The monoisotopic (exact) mass is 225 g/mol. The Balaban J connectivity index is 3.23. The standard InChI is InChI=1S/C11H15NO4/c1-3-9(14)11(16)7-4-12-6(2)10(15)8(7)5-13/h4,11,13,15-16H,3,5H2,1-2H3. The summed E-state index contributed by atoms with van der Waals surface area (Å²) in [4.78, 5) is 15.2. The third-order valence-corrected chi connectivity index (χ3v) is 2.48. The van der Waals surface area contributed by atoms with Gasteiger partial charge in [-0.15, -0.1) is 0 Å². The van der Waals surface area contributed by atoms with Crippen molar-refractivity contribution in [1.29, 1.82) is 0 Å². The number of carbonyl (C=O) groups excluding carboxylic acids is 1. The Bertz CT molecular complexity index is 403. The molecule has 88 valence electrons. The molecule has 5 heteroatoms. The zero-order valence-electron chi connectivity index (χ0n) is 9.27. The van der Waals surface area contributed by atoms with Gasteiger partial charge in [0.05, 0.1) is 12.3 Å². The third kappa shape index (κ3) is 2.20. The molecular weight excluding hydrogens is 210 g/mol. The van der Waals surface area contributed by atoms with Crippen LogP contribution in [-0.2, 0) is 11.4 Å². The summed E-state index contributed by atoms with van der Waals surface area (Å²) in [5, 5.41) is 28.5. The maximum Gasteiger partial charge on any atom is 0.165 e. The fourth-order valence-corrected chi connectivity index (χ4v) is 1.43. The number of aliphatic hydroxyl groups is 2. The molecule has 0 saturated heterocycles. The molecule has 5 nitrogen and oxygen atoms in total. The lowest BCUT2D eigenvalue weighted by Gasteiger charge is -2.14. The average molecular weight is 225 g/mol. The highest BCUT2D eigenvalue weighted by Gasteiger charge is 2.21. The Hall–Kier alpha value is -1.46. The Morgan fingerprint density at radius 2 is 2.19 bits per heavy atom. The molecule has 0 fully saturated rings. The fourth-order valence-electron chi connectivity index (χ4n) is 1.43. The Labute approximate surface area is 93.4 Å². The van der Waals surface area contributed by atoms with Gasteiger partial charge in [0.25, 0.3) is 0 Å². The average Bonchev–Trinajstić information content (AvgIpc) is 2.30. The van der Waals surface area contributed by atoms with Gasteiger partial charge in [-0.05, 0) is 6.92 Å². The Morgan fingerprint density at radius 3 is 2.69 bits per heavy atom. The van der Waals surface area contributed by atoms with Gasteiger partial charge in [-0.3, -0.25) is 9.78 Å². The summed E-state index contributed by atoms with van der Waals surface area (Å²) >= 11 is 0. The lowest BCUT2D eigenvalue weighted by Crippen LogP contribution is -2.13. The molecule has 1 aromatic rings. The second-order valence-electron chi connectivity index (χ2n) is 3.51. The summed E-state index contributed by atoms with van der Waals surface area (Å²) in [6, 6.07) is 0. The van der Waals surface area contributed by atoms with E-state index in [4.69, 9.17) is 5.11 Å². The van der Waals surface area contributed by atoms with Crippen molar-refractivity contribution in [2.45, 2.75) is 33.0 Å². The number of carbonyl (C=O) groups is 1. The summed E-state index contributed by atoms with van der Waals surface area (Å²) < 4.78 is 0. The first-order valence-electron chi connectivity index (χ1n) is 5.01. The van der Waals surface area contributed by atoms with Crippen molar-refractivity contribution in [2.75, 3.05) is 0 Å². The molecule has 0 amide bonds. The molecule has 3 N–H and O–H groups in total. The number of rotatable bonds is 4. The molecule has 0 aliphatic heterocycles. The fraction of sp³-hybridized carbons (Fsp3) is 0.455. The molecule has 0 bridgehead atoms. The Morgan fingerprint density at radius 1 is 1.56 bits per heavy atom. The summed E-state index contributed by atoms with van der Waals surface area (Å²) in [6.45, 7) is 2.76. The van der Waals surface area contributed by atoms with E-state index in [0.29, 0.717) is 5.69 Å². The summed E-state index contributed by atoms with van der Waals surface area (Å²) in [6.07, 6.45) is 0.144. The zero-order chi connectivity index (χ0) is 12.3. The molecule has 0 saturated carbocycles. The van der Waals surface area contributed by atoms with Crippen molar-refractivity contribution in [1.82, 2.24) is 4.98 Å². The Kier molecular flexibility index (Phi) is 3.98. The number of aliphatic hydroxyl groups excluding tert-OH is 2. The number of hydrogen-bond acceptors (Lipinski definition) is 5. The highest BCUT2D eigenvalue weighted by Crippen LogP contribution is 2.28. The number of aromatic nitrogens is 1. The maximum atomic E-state index is 11.3. The molecule has 1 rings (SSSR count). The lowest BCUT2D eigenvalue weighted by molar-refractivity contribution is -0.127. The van der Waals surface area contributed by atoms with Gasteiger partial charge in [0, 0.05) is 23.7 Å². The summed E-state index contributed by atoms with van der Waals surface area (Å²) in [5.41, 5.74) is 0.670. The molecule has 16 heavy (non-hydrogen) atoms. The van der Waals surface area contributed by atoms with Crippen molar-refractivity contribution >= 4 is 5.78 Å². The zero-order valence-corrected chi connectivity index (χ0v) is 9.27. The smallest absolute Gasteiger partial charge is 0.165 e. The van der Waals surface area contributed by atoms with Gasteiger partial charge in [0.15, 0.2) is 5.78 Å². The molecule has 0 aromatic carbocycles. The van der Waals surface area contributed by atoms with Gasteiger partial charge >= 0.3 is 0 Å². The molecule has 1 atom stereocenters. The molecule has 1 aromatic heterocycles. The van der Waals surface area contributed by atoms with E-state index in [-0.39, 0.29) is 29.1 Å². The van der Waals surface area contributed by atoms with Gasteiger partial charge in [-0.1, -0.05) is 6.92 Å². The van der Waals surface area contributed by atoms with E-state index in [1.54, 1.807) is 13.8 Å². The van der Waals surface area contributed by atoms with Crippen LogP contribution in [0.3, 0.4) is 0 Å². The predicted octanol–water partition coefficient (Wildman–Crippen LogP) is 0.600. The van der Waals surface area contributed by atoms with E-state index >= 15 is 0 Å². The lowest BCUT2D eigenvalue weighted by atomic mass is 9.99. The molecule has 0 radical (unpaired) electrons. The van der Waals surface area contributed by atoms with E-state index in [1.165, 1.54) is 6.20 Å². The normalized spacial score (nSPS) is 12.5. The minimum atomic E-state index is -1.34. The van der Waals surface area contributed by atoms with Crippen LogP contribution in [0.2, 0.25) is 0 Å². The second kappa shape index (κ2) is 5.05. The number of Topliss-reactive ketones (excluding diaryl/α,β-unsaturated/α-hetero) is 1. The molecule has 1 unspecified atom stereocenters. The van der Waals surface area contributed by atoms with Gasteiger partial charge in [-0.2, -0.15) is 0 Å². The van der Waals surface area contributed by atoms with Crippen LogP contribution in [0.1, 0.15) is 36.3 Å². The van der Waals surface area contributed by atoms with Crippen molar-refractivity contribution in [3.05, 3.63) is 23.0 Å². The van der Waals surface area contributed by atoms with Crippen molar-refractivity contribution in [3.8, 4) is 5.75 Å². The number of hydrogen-bond donors (Lipinski definition) is 3. The van der Waals surface area contributed by atoms with Crippen molar-refractivity contribution in [3.63, 3.8) is 0 Å². The molecular formula is C11H15NO4. The SMILES string of the molecule is CCC(=O)C(O)c1cnc(C)c(O)c1CO. The highest BCUT2D eigenvalue weighted by molar-refractivity contribution is 5.84. The minimum Gasteiger partial charge on any atom is -0.506 e. The number of aryl methyl sites for hydroxylation is 1. The van der Waals surface area contributed by atoms with Crippen LogP contribution in [-0.4, -0.2) is 26.1 Å². The number of nitrogens with zero attached hydrogens (tertiary/aromatic N) is 1. The summed E-state index contributed by atoms with van der Waals surface area (Å²) in [5.74, 6) is -0.553. The van der Waals surface area contributed by atoms with Gasteiger partial charge in [-0.25, -0.2) is 0 Å². The largest absolute Gasteiger partial charge is 0.506 e. The van der Waals surface area contributed by atoms with Crippen LogP contribution in [0.5, 0.6) is 5.75 Å². The van der Waals surface area contributed by atoms with E-state index in [9.17, 15) is 15.0 Å². The van der Waals surface area contributed by atoms with Crippen LogP contribution in [0, 0.1) is 6.92 Å². The first-order chi connectivity index (χ1) is 7.52. The van der Waals surface area contributed by atoms with Gasteiger partial charge in [0.2, 0.25) is 0 Å². The van der Waals surface area contributed by atoms with Crippen LogP contribution in [0.15, 0.2) is 6.20 Å². The van der Waals surface area contributed by atoms with Crippen LogP contribution in [0.25, 0.3) is 0 Å². The molecule has 0 aliphatic rings. The van der Waals surface area contributed by atoms with E-state index in [1.807, 2.05) is 0 Å². The minimum absolute atomic E-state index is 0.154. The number of aromatic hydroxyl groups is 1. The van der Waals surface area contributed by atoms with Crippen LogP contribution >= 0.6 is 0 Å². The predicted molar refractivity (Wildman–Crippen MR) is 56.8 cm³/mol. The van der Waals surface area contributed by atoms with Gasteiger partial charge in [0.1, 0.15) is 11.9 Å².